The molecule has 0 unspecified atom stereocenters. The second-order valence-electron chi connectivity index (χ2n) is 12.6. The quantitative estimate of drug-likeness (QED) is 0.0435. The standard InChI is InChI=1S/C38H28N2O17S4/c39-23-3-15-31(29(19-23)37(41)21-1-13-33(35(17-21)60(49,50)51)55-25-5-9-27(10-6-25)58(43,44)45)57-32-16-4-24(40)20-30(32)38(42)22-2-14-34(36(18-22)61(52,53)54)56-26-7-11-28(12-8-26)59(46,47)48/h1-20H,39-40H2,(H,43,44,45)(H,46,47,48)(H,49,50,51)(H,52,53,54). The minimum Gasteiger partial charge on any atom is -0.456 e. The summed E-state index contributed by atoms with van der Waals surface area (Å²) >= 11 is 0. The summed E-state index contributed by atoms with van der Waals surface area (Å²) in [6.07, 6.45) is 0. The van der Waals surface area contributed by atoms with Gasteiger partial charge in [0.05, 0.1) is 20.9 Å². The monoisotopic (exact) mass is 912 g/mol. The Labute approximate surface area is 346 Å². The summed E-state index contributed by atoms with van der Waals surface area (Å²) in [5.41, 5.74) is 10.9. The molecule has 0 amide bonds. The highest BCUT2D eigenvalue weighted by Gasteiger charge is 2.26. The summed E-state index contributed by atoms with van der Waals surface area (Å²) in [6.45, 7) is 0. The number of carbonyl (C=O) groups is 2. The number of nitrogens with two attached hydrogens (primary N) is 2. The lowest BCUT2D eigenvalue weighted by Crippen LogP contribution is -2.10. The summed E-state index contributed by atoms with van der Waals surface area (Å²) in [4.78, 5) is 25.3. The molecule has 61 heavy (non-hydrogen) atoms. The number of rotatable bonds is 14. The topological polar surface area (TPSA) is 331 Å². The molecular formula is C38H28N2O17S4. The maximum absolute atomic E-state index is 14.0. The predicted molar refractivity (Wildman–Crippen MR) is 214 cm³/mol. The first-order valence-corrected chi connectivity index (χ1v) is 22.4. The Morgan fingerprint density at radius 1 is 0.393 bits per heavy atom. The van der Waals surface area contributed by atoms with Crippen molar-refractivity contribution in [1.29, 1.82) is 0 Å². The van der Waals surface area contributed by atoms with E-state index in [2.05, 4.69) is 0 Å². The van der Waals surface area contributed by atoms with Crippen molar-refractivity contribution in [3.8, 4) is 34.5 Å². The second-order valence-corrected chi connectivity index (χ2v) is 18.3. The summed E-state index contributed by atoms with van der Waals surface area (Å²) in [7, 11) is -19.3. The molecule has 0 radical (unpaired) electrons. The van der Waals surface area contributed by atoms with E-state index < -0.39 is 83.1 Å². The zero-order valence-electron chi connectivity index (χ0n) is 30.4. The van der Waals surface area contributed by atoms with Crippen LogP contribution in [-0.2, 0) is 40.5 Å². The van der Waals surface area contributed by atoms with E-state index in [9.17, 15) is 61.5 Å². The summed E-state index contributed by atoms with van der Waals surface area (Å²) < 4.78 is 151. The largest absolute Gasteiger partial charge is 0.456 e. The number of ketones is 2. The van der Waals surface area contributed by atoms with Crippen LogP contribution in [0, 0.1) is 0 Å². The molecule has 0 spiro atoms. The molecule has 6 aromatic rings. The molecule has 6 rings (SSSR count). The fraction of sp³-hybridized carbons (Fsp3) is 0. The molecule has 0 aromatic heterocycles. The summed E-state index contributed by atoms with van der Waals surface area (Å²) in [6, 6.07) is 21.8. The number of hydrogen-bond acceptors (Lipinski definition) is 15. The van der Waals surface area contributed by atoms with Crippen LogP contribution in [0.5, 0.6) is 34.5 Å². The molecular weight excluding hydrogens is 885 g/mol. The number of benzene rings is 6. The SMILES string of the molecule is Nc1ccc(Oc2ccc(N)cc2C(=O)c2ccc(Oc3ccc(S(=O)(=O)O)cc3)c(S(=O)(=O)O)c2)c(C(=O)c2ccc(Oc3ccc(S(=O)(=O)O)cc3)c(S(=O)(=O)O)c2)c1. The third kappa shape index (κ3) is 10.2. The van der Waals surface area contributed by atoms with E-state index in [1.54, 1.807) is 0 Å². The third-order valence-electron chi connectivity index (χ3n) is 8.38. The highest BCUT2D eigenvalue weighted by Crippen LogP contribution is 2.37. The van der Waals surface area contributed by atoms with Crippen molar-refractivity contribution in [3.63, 3.8) is 0 Å². The van der Waals surface area contributed by atoms with E-state index in [1.165, 1.54) is 36.4 Å². The lowest BCUT2D eigenvalue weighted by atomic mass is 10.0. The zero-order valence-corrected chi connectivity index (χ0v) is 33.7. The minimum atomic E-state index is -5.08. The van der Waals surface area contributed by atoms with Crippen LogP contribution in [0.15, 0.2) is 141 Å². The highest BCUT2D eigenvalue weighted by molar-refractivity contribution is 7.86. The third-order valence-corrected chi connectivity index (χ3v) is 11.9. The fourth-order valence-electron chi connectivity index (χ4n) is 5.54. The zero-order chi connectivity index (χ0) is 44.7. The first kappa shape index (κ1) is 43.9. The molecule has 0 bridgehead atoms. The second kappa shape index (κ2) is 16.4. The number of nitrogen functional groups attached to an aromatic ring is 2. The predicted octanol–water partition coefficient (Wildman–Crippen LogP) is 5.68. The molecule has 0 fully saturated rings. The van der Waals surface area contributed by atoms with Crippen molar-refractivity contribution >= 4 is 63.4 Å². The molecule has 0 aliphatic carbocycles. The van der Waals surface area contributed by atoms with Crippen LogP contribution < -0.4 is 25.7 Å². The molecule has 6 aromatic carbocycles. The molecule has 8 N–H and O–H groups in total. The molecule has 23 heteroatoms. The number of ether oxygens (including phenoxy) is 3. The van der Waals surface area contributed by atoms with Gasteiger partial charge in [-0.05, 0) is 121 Å². The van der Waals surface area contributed by atoms with E-state index >= 15 is 0 Å². The van der Waals surface area contributed by atoms with Crippen molar-refractivity contribution in [2.45, 2.75) is 19.6 Å². The van der Waals surface area contributed by atoms with Gasteiger partial charge in [-0.15, -0.1) is 0 Å². The molecule has 0 atom stereocenters. The number of carbonyl (C=O) groups excluding carboxylic acids is 2. The van der Waals surface area contributed by atoms with Crippen molar-refractivity contribution in [1.82, 2.24) is 0 Å². The van der Waals surface area contributed by atoms with Gasteiger partial charge in [0, 0.05) is 22.5 Å². The minimum absolute atomic E-state index is 0.0435. The van der Waals surface area contributed by atoms with E-state index in [0.717, 1.165) is 84.9 Å². The van der Waals surface area contributed by atoms with E-state index in [-0.39, 0.29) is 56.6 Å². The Kier molecular flexibility index (Phi) is 11.8. The van der Waals surface area contributed by atoms with Gasteiger partial charge in [0.1, 0.15) is 44.3 Å². The van der Waals surface area contributed by atoms with Crippen molar-refractivity contribution in [3.05, 3.63) is 144 Å². The molecule has 19 nitrogen and oxygen atoms in total. The average Bonchev–Trinajstić information content (AvgIpc) is 3.18. The van der Waals surface area contributed by atoms with Crippen LogP contribution in [0.2, 0.25) is 0 Å². The molecule has 0 saturated carbocycles. The smallest absolute Gasteiger partial charge is 0.298 e. The number of anilines is 2. The maximum Gasteiger partial charge on any atom is 0.298 e. The maximum atomic E-state index is 14.0. The van der Waals surface area contributed by atoms with Gasteiger partial charge in [0.2, 0.25) is 0 Å². The van der Waals surface area contributed by atoms with E-state index in [0.29, 0.717) is 0 Å². The Morgan fingerprint density at radius 3 is 1.03 bits per heavy atom. The molecule has 316 valence electrons. The van der Waals surface area contributed by atoms with Gasteiger partial charge in [0.15, 0.2) is 11.6 Å². The van der Waals surface area contributed by atoms with Gasteiger partial charge >= 0.3 is 0 Å². The average molecular weight is 913 g/mol. The van der Waals surface area contributed by atoms with Gasteiger partial charge in [-0.1, -0.05) is 0 Å². The van der Waals surface area contributed by atoms with Crippen LogP contribution in [0.3, 0.4) is 0 Å². The Balaban J connectivity index is 1.33. The lowest BCUT2D eigenvalue weighted by molar-refractivity contribution is 0.103. The Bertz CT molecular complexity index is 2990. The highest BCUT2D eigenvalue weighted by atomic mass is 32.2. The van der Waals surface area contributed by atoms with Gasteiger partial charge in [-0.3, -0.25) is 27.8 Å². The van der Waals surface area contributed by atoms with Crippen LogP contribution >= 0.6 is 0 Å². The summed E-state index contributed by atoms with van der Waals surface area (Å²) in [5, 5.41) is 0. The van der Waals surface area contributed by atoms with Crippen molar-refractivity contribution in [2.75, 3.05) is 11.5 Å². The van der Waals surface area contributed by atoms with Crippen LogP contribution in [0.1, 0.15) is 31.8 Å². The molecule has 0 heterocycles. The van der Waals surface area contributed by atoms with Crippen LogP contribution in [0.25, 0.3) is 0 Å². The Morgan fingerprint density at radius 2 is 0.721 bits per heavy atom. The van der Waals surface area contributed by atoms with Crippen LogP contribution in [0.4, 0.5) is 11.4 Å². The van der Waals surface area contributed by atoms with Crippen LogP contribution in [-0.4, -0.2) is 63.4 Å². The normalized spacial score (nSPS) is 12.1. The fourth-order valence-corrected chi connectivity index (χ4v) is 7.78. The first-order chi connectivity index (χ1) is 28.4. The number of hydrogen-bond donors (Lipinski definition) is 6. The van der Waals surface area contributed by atoms with Gasteiger partial charge in [-0.25, -0.2) is 0 Å². The summed E-state index contributed by atoms with van der Waals surface area (Å²) in [5.74, 6) is -3.43. The molecule has 0 aliphatic rings. The Hall–Kier alpha value is -6.70. The lowest BCUT2D eigenvalue weighted by Gasteiger charge is -2.16. The molecule has 0 saturated heterocycles. The molecule has 0 aliphatic heterocycles. The van der Waals surface area contributed by atoms with Gasteiger partial charge in [0.25, 0.3) is 40.5 Å². The van der Waals surface area contributed by atoms with E-state index in [1.807, 2.05) is 0 Å². The van der Waals surface area contributed by atoms with Gasteiger partial charge in [-0.2, -0.15) is 33.7 Å². The van der Waals surface area contributed by atoms with Crippen molar-refractivity contribution < 1.29 is 75.7 Å². The van der Waals surface area contributed by atoms with E-state index in [4.69, 9.17) is 25.7 Å². The van der Waals surface area contributed by atoms with Crippen molar-refractivity contribution in [2.24, 2.45) is 0 Å². The van der Waals surface area contributed by atoms with Gasteiger partial charge < -0.3 is 25.7 Å². The first-order valence-electron chi connectivity index (χ1n) is 16.7.